The summed E-state index contributed by atoms with van der Waals surface area (Å²) in [7, 11) is 0. The normalized spacial score (nSPS) is 17.7. The molecule has 2 aliphatic rings. The summed E-state index contributed by atoms with van der Waals surface area (Å²) in [5.41, 5.74) is 5.88. The standard InChI is InChI=1S/C30H30ClN3O3/c1-21-5-2-3-7-27(21)22-15-23-18-33(12-14-36-30(23)28(16-22)37-26-10-13-35-20-26)19-25-6-4-11-34(25)29-9-8-24(31)17-32-29/h2-9,11,15-17,26H,10,12-14,18-20H2,1H3. The van der Waals surface area contributed by atoms with Crippen LogP contribution in [0.25, 0.3) is 16.9 Å². The molecule has 0 bridgehead atoms. The maximum atomic E-state index is 6.47. The molecule has 0 aliphatic carbocycles. The lowest BCUT2D eigenvalue weighted by Crippen LogP contribution is -2.26. The van der Waals surface area contributed by atoms with Crippen molar-refractivity contribution >= 4 is 11.6 Å². The van der Waals surface area contributed by atoms with Gasteiger partial charge in [-0.3, -0.25) is 4.90 Å². The molecule has 0 saturated carbocycles. The molecule has 1 unspecified atom stereocenters. The van der Waals surface area contributed by atoms with Crippen molar-refractivity contribution in [3.8, 4) is 28.4 Å². The highest BCUT2D eigenvalue weighted by Crippen LogP contribution is 2.40. The monoisotopic (exact) mass is 515 g/mol. The van der Waals surface area contributed by atoms with Gasteiger partial charge in [0.15, 0.2) is 11.5 Å². The number of hydrogen-bond donors (Lipinski definition) is 0. The van der Waals surface area contributed by atoms with Gasteiger partial charge in [0.1, 0.15) is 18.5 Å². The topological polar surface area (TPSA) is 48.8 Å². The fraction of sp³-hybridized carbons (Fsp3) is 0.300. The first-order valence-corrected chi connectivity index (χ1v) is 13.1. The Labute approximate surface area is 222 Å². The summed E-state index contributed by atoms with van der Waals surface area (Å²) in [5.74, 6) is 2.51. The Kier molecular flexibility index (Phi) is 6.87. The third kappa shape index (κ3) is 5.23. The Morgan fingerprint density at radius 1 is 1.08 bits per heavy atom. The van der Waals surface area contributed by atoms with Crippen molar-refractivity contribution in [2.45, 2.75) is 32.5 Å². The molecule has 37 heavy (non-hydrogen) atoms. The summed E-state index contributed by atoms with van der Waals surface area (Å²) in [6, 6.07) is 20.9. The molecule has 190 valence electrons. The SMILES string of the molecule is Cc1ccccc1-c1cc2c(c(OC3CCOC3)c1)OCCN(Cc1cccn1-c1ccc(Cl)cn1)C2. The zero-order valence-electron chi connectivity index (χ0n) is 20.9. The van der Waals surface area contributed by atoms with Crippen LogP contribution >= 0.6 is 11.6 Å². The first kappa shape index (κ1) is 24.0. The molecule has 2 aliphatic heterocycles. The van der Waals surface area contributed by atoms with Crippen molar-refractivity contribution in [2.24, 2.45) is 0 Å². The Hall–Kier alpha value is -3.32. The largest absolute Gasteiger partial charge is 0.488 e. The molecule has 0 spiro atoms. The maximum Gasteiger partial charge on any atom is 0.165 e. The lowest BCUT2D eigenvalue weighted by Gasteiger charge is -2.22. The van der Waals surface area contributed by atoms with Crippen LogP contribution in [0.3, 0.4) is 0 Å². The summed E-state index contributed by atoms with van der Waals surface area (Å²) >= 11 is 6.06. The number of pyridine rings is 1. The Morgan fingerprint density at radius 3 is 2.81 bits per heavy atom. The number of fused-ring (bicyclic) bond motifs is 1. The van der Waals surface area contributed by atoms with Crippen molar-refractivity contribution in [3.63, 3.8) is 0 Å². The van der Waals surface area contributed by atoms with E-state index in [1.165, 1.54) is 11.1 Å². The van der Waals surface area contributed by atoms with Gasteiger partial charge in [-0.2, -0.15) is 0 Å². The van der Waals surface area contributed by atoms with Gasteiger partial charge in [-0.25, -0.2) is 4.98 Å². The highest BCUT2D eigenvalue weighted by molar-refractivity contribution is 6.30. The molecule has 1 atom stereocenters. The molecule has 6 rings (SSSR count). The van der Waals surface area contributed by atoms with E-state index >= 15 is 0 Å². The Bertz CT molecular complexity index is 1380. The molecule has 2 aromatic carbocycles. The second-order valence-electron chi connectivity index (χ2n) is 9.64. The van der Waals surface area contributed by atoms with Gasteiger partial charge < -0.3 is 18.8 Å². The van der Waals surface area contributed by atoms with Crippen molar-refractivity contribution in [1.82, 2.24) is 14.5 Å². The summed E-state index contributed by atoms with van der Waals surface area (Å²) in [6.07, 6.45) is 4.67. The lowest BCUT2D eigenvalue weighted by atomic mass is 9.97. The van der Waals surface area contributed by atoms with Gasteiger partial charge in [0.05, 0.1) is 18.2 Å². The third-order valence-corrected chi connectivity index (χ3v) is 7.22. The minimum atomic E-state index is 0.0503. The predicted molar refractivity (Wildman–Crippen MR) is 145 cm³/mol. The van der Waals surface area contributed by atoms with Crippen molar-refractivity contribution < 1.29 is 14.2 Å². The second-order valence-corrected chi connectivity index (χ2v) is 10.1. The van der Waals surface area contributed by atoms with Crippen molar-refractivity contribution in [1.29, 1.82) is 0 Å². The van der Waals surface area contributed by atoms with E-state index in [1.54, 1.807) is 6.20 Å². The van der Waals surface area contributed by atoms with Crippen LogP contribution in [0.15, 0.2) is 73.1 Å². The van der Waals surface area contributed by atoms with Gasteiger partial charge in [0, 0.05) is 49.7 Å². The summed E-state index contributed by atoms with van der Waals surface area (Å²) in [6.45, 7) is 6.42. The van der Waals surface area contributed by atoms with E-state index in [-0.39, 0.29) is 6.10 Å². The van der Waals surface area contributed by atoms with Gasteiger partial charge in [0.25, 0.3) is 0 Å². The first-order chi connectivity index (χ1) is 18.1. The van der Waals surface area contributed by atoms with E-state index in [0.717, 1.165) is 66.8 Å². The van der Waals surface area contributed by atoms with E-state index in [9.17, 15) is 0 Å². The Balaban J connectivity index is 1.32. The van der Waals surface area contributed by atoms with Gasteiger partial charge in [0.2, 0.25) is 0 Å². The minimum absolute atomic E-state index is 0.0503. The highest BCUT2D eigenvalue weighted by atomic mass is 35.5. The van der Waals surface area contributed by atoms with Gasteiger partial charge in [-0.15, -0.1) is 0 Å². The van der Waals surface area contributed by atoms with E-state index in [2.05, 4.69) is 69.9 Å². The summed E-state index contributed by atoms with van der Waals surface area (Å²) in [4.78, 5) is 6.92. The minimum Gasteiger partial charge on any atom is -0.488 e. The van der Waals surface area contributed by atoms with Crippen LogP contribution in [-0.2, 0) is 17.8 Å². The number of halogens is 1. The molecule has 0 amide bonds. The average molecular weight is 516 g/mol. The molecule has 1 fully saturated rings. The van der Waals surface area contributed by atoms with Crippen LogP contribution in [0.2, 0.25) is 5.02 Å². The molecular weight excluding hydrogens is 486 g/mol. The average Bonchev–Trinajstić information content (AvgIpc) is 3.54. The first-order valence-electron chi connectivity index (χ1n) is 12.7. The molecule has 4 aromatic rings. The van der Waals surface area contributed by atoms with Crippen LogP contribution in [-0.4, -0.2) is 46.9 Å². The van der Waals surface area contributed by atoms with E-state index in [1.807, 2.05) is 18.3 Å². The summed E-state index contributed by atoms with van der Waals surface area (Å²) < 4.78 is 20.5. The van der Waals surface area contributed by atoms with Crippen molar-refractivity contribution in [2.75, 3.05) is 26.4 Å². The van der Waals surface area contributed by atoms with Crippen LogP contribution in [0.5, 0.6) is 11.5 Å². The maximum absolute atomic E-state index is 6.47. The number of aromatic nitrogens is 2. The number of ether oxygens (including phenoxy) is 3. The smallest absolute Gasteiger partial charge is 0.165 e. The third-order valence-electron chi connectivity index (χ3n) is 6.99. The van der Waals surface area contributed by atoms with Crippen molar-refractivity contribution in [3.05, 3.63) is 94.9 Å². The molecule has 0 N–H and O–H groups in total. The fourth-order valence-corrected chi connectivity index (χ4v) is 5.22. The lowest BCUT2D eigenvalue weighted by molar-refractivity contribution is 0.137. The number of aryl methyl sites for hydroxylation is 1. The molecule has 1 saturated heterocycles. The predicted octanol–water partition coefficient (Wildman–Crippen LogP) is 6.06. The second kappa shape index (κ2) is 10.6. The van der Waals surface area contributed by atoms with Crippen LogP contribution in [0.4, 0.5) is 0 Å². The quantitative estimate of drug-likeness (QED) is 0.312. The zero-order chi connectivity index (χ0) is 25.2. The summed E-state index contributed by atoms with van der Waals surface area (Å²) in [5, 5.41) is 0.630. The molecule has 0 radical (unpaired) electrons. The number of nitrogens with zero attached hydrogens (tertiary/aromatic N) is 3. The number of benzene rings is 2. The van der Waals surface area contributed by atoms with E-state index in [0.29, 0.717) is 18.2 Å². The van der Waals surface area contributed by atoms with E-state index in [4.69, 9.17) is 25.8 Å². The number of hydrogen-bond acceptors (Lipinski definition) is 5. The molecule has 4 heterocycles. The molecule has 2 aromatic heterocycles. The van der Waals surface area contributed by atoms with Crippen LogP contribution in [0.1, 0.15) is 23.2 Å². The van der Waals surface area contributed by atoms with Crippen LogP contribution < -0.4 is 9.47 Å². The highest BCUT2D eigenvalue weighted by Gasteiger charge is 2.25. The Morgan fingerprint density at radius 2 is 2.00 bits per heavy atom. The molecule has 7 heteroatoms. The van der Waals surface area contributed by atoms with Gasteiger partial charge in [-0.1, -0.05) is 35.9 Å². The van der Waals surface area contributed by atoms with E-state index < -0.39 is 0 Å². The van der Waals surface area contributed by atoms with Crippen LogP contribution in [0, 0.1) is 6.92 Å². The molecular formula is C30H30ClN3O3. The molecule has 6 nitrogen and oxygen atoms in total. The number of rotatable bonds is 6. The fourth-order valence-electron chi connectivity index (χ4n) is 5.11. The van der Waals surface area contributed by atoms with Gasteiger partial charge >= 0.3 is 0 Å². The zero-order valence-corrected chi connectivity index (χ0v) is 21.7. The van der Waals surface area contributed by atoms with Gasteiger partial charge in [-0.05, 0) is 60.0 Å².